The third kappa shape index (κ3) is 6.55. The van der Waals surface area contributed by atoms with Gasteiger partial charge >= 0.3 is 5.97 Å². The van der Waals surface area contributed by atoms with Gasteiger partial charge in [0, 0.05) is 18.3 Å². The molecule has 0 aromatic carbocycles. The van der Waals surface area contributed by atoms with Gasteiger partial charge in [-0.3, -0.25) is 9.59 Å². The molecule has 1 aliphatic heterocycles. The van der Waals surface area contributed by atoms with Crippen molar-refractivity contribution in [1.82, 2.24) is 0 Å². The summed E-state index contributed by atoms with van der Waals surface area (Å²) in [6, 6.07) is 0. The largest absolute Gasteiger partial charge is 0.465 e. The number of aliphatic hydroxyl groups excluding tert-OH is 2. The lowest BCUT2D eigenvalue weighted by Gasteiger charge is -2.32. The number of ketones is 1. The molecule has 5 nitrogen and oxygen atoms in total. The Labute approximate surface area is 151 Å². The van der Waals surface area contributed by atoms with E-state index < -0.39 is 23.6 Å². The molecular weight excluding hydrogens is 320 g/mol. The standard InChI is InChI=1S/C20H34O5/c1-13-7-6-8-14(2)16(21)9-10-25-18(23)12-17(22)20(4,5)19(24)15(3)11-13/h6,8,13-17,21-22H,7,9-12H2,1-5H3/b8-6+. The first-order valence-corrected chi connectivity index (χ1v) is 9.28. The Morgan fingerprint density at radius 3 is 2.44 bits per heavy atom. The van der Waals surface area contributed by atoms with E-state index in [9.17, 15) is 19.8 Å². The van der Waals surface area contributed by atoms with E-state index in [0.29, 0.717) is 12.3 Å². The van der Waals surface area contributed by atoms with E-state index in [4.69, 9.17) is 4.74 Å². The summed E-state index contributed by atoms with van der Waals surface area (Å²) in [6.45, 7) is 9.37. The second-order valence-corrected chi connectivity index (χ2v) is 8.15. The fourth-order valence-corrected chi connectivity index (χ4v) is 3.29. The minimum absolute atomic E-state index is 0.0256. The third-order valence-corrected chi connectivity index (χ3v) is 5.29. The summed E-state index contributed by atoms with van der Waals surface area (Å²) in [5.41, 5.74) is -1.00. The van der Waals surface area contributed by atoms with Gasteiger partial charge in [0.05, 0.1) is 30.7 Å². The number of hydrogen-bond donors (Lipinski definition) is 2. The van der Waals surface area contributed by atoms with Crippen molar-refractivity contribution in [3.05, 3.63) is 12.2 Å². The Kier molecular flexibility index (Phi) is 8.29. The van der Waals surface area contributed by atoms with Gasteiger partial charge in [0.25, 0.3) is 0 Å². The molecule has 1 heterocycles. The number of carbonyl (C=O) groups excluding carboxylic acids is 2. The fraction of sp³-hybridized carbons (Fsp3) is 0.800. The molecule has 5 unspecified atom stereocenters. The molecule has 0 aliphatic carbocycles. The van der Waals surface area contributed by atoms with Gasteiger partial charge in [0.15, 0.2) is 0 Å². The van der Waals surface area contributed by atoms with Crippen molar-refractivity contribution in [3.8, 4) is 0 Å². The second kappa shape index (κ2) is 9.48. The Balaban J connectivity index is 2.93. The van der Waals surface area contributed by atoms with Crippen molar-refractivity contribution >= 4 is 11.8 Å². The van der Waals surface area contributed by atoms with Crippen LogP contribution in [0.2, 0.25) is 0 Å². The molecular formula is C20H34O5. The molecule has 1 aliphatic rings. The van der Waals surface area contributed by atoms with E-state index in [0.717, 1.165) is 12.8 Å². The number of aliphatic hydroxyl groups is 2. The molecule has 2 N–H and O–H groups in total. The minimum Gasteiger partial charge on any atom is -0.465 e. The van der Waals surface area contributed by atoms with Gasteiger partial charge in [-0.25, -0.2) is 0 Å². The van der Waals surface area contributed by atoms with Crippen molar-refractivity contribution in [2.45, 2.75) is 72.5 Å². The van der Waals surface area contributed by atoms with Crippen molar-refractivity contribution in [1.29, 1.82) is 0 Å². The first-order valence-electron chi connectivity index (χ1n) is 9.28. The summed E-state index contributed by atoms with van der Waals surface area (Å²) in [6.07, 6.45) is 4.07. The molecule has 0 aromatic heterocycles. The van der Waals surface area contributed by atoms with E-state index in [-0.39, 0.29) is 30.6 Å². The maximum Gasteiger partial charge on any atom is 0.308 e. The molecule has 144 valence electrons. The molecule has 0 spiro atoms. The number of Topliss-reactive ketones (excluding diaryl/α,β-unsaturated/α-hetero) is 1. The molecule has 0 aromatic rings. The minimum atomic E-state index is -1.08. The Bertz CT molecular complexity index is 482. The second-order valence-electron chi connectivity index (χ2n) is 8.15. The summed E-state index contributed by atoms with van der Waals surface area (Å²) in [5.74, 6) is -0.468. The lowest BCUT2D eigenvalue weighted by molar-refractivity contribution is -0.151. The molecule has 0 bridgehead atoms. The number of ether oxygens (including phenoxy) is 1. The maximum atomic E-state index is 12.8. The van der Waals surface area contributed by atoms with Crippen LogP contribution in [0.4, 0.5) is 0 Å². The molecule has 0 radical (unpaired) electrons. The smallest absolute Gasteiger partial charge is 0.308 e. The number of hydrogen-bond acceptors (Lipinski definition) is 5. The van der Waals surface area contributed by atoms with E-state index >= 15 is 0 Å². The zero-order chi connectivity index (χ0) is 19.2. The SMILES string of the molecule is CC1C/C=C/C(C)C(O)CCOC(=O)CC(O)C(C)(C)C(=O)C(C)C1. The van der Waals surface area contributed by atoms with Gasteiger partial charge in [0.1, 0.15) is 5.78 Å². The molecule has 0 amide bonds. The zero-order valence-corrected chi connectivity index (χ0v) is 16.2. The van der Waals surface area contributed by atoms with Gasteiger partial charge in [-0.2, -0.15) is 0 Å². The topological polar surface area (TPSA) is 83.8 Å². The van der Waals surface area contributed by atoms with Crippen LogP contribution < -0.4 is 0 Å². The summed E-state index contributed by atoms with van der Waals surface area (Å²) in [7, 11) is 0. The normalized spacial score (nSPS) is 37.3. The predicted molar refractivity (Wildman–Crippen MR) is 96.9 cm³/mol. The van der Waals surface area contributed by atoms with Crippen molar-refractivity contribution in [2.24, 2.45) is 23.2 Å². The monoisotopic (exact) mass is 354 g/mol. The molecule has 1 rings (SSSR count). The number of rotatable bonds is 0. The Morgan fingerprint density at radius 2 is 1.80 bits per heavy atom. The Hall–Kier alpha value is -1.20. The van der Waals surface area contributed by atoms with E-state index in [1.165, 1.54) is 0 Å². The average molecular weight is 354 g/mol. The maximum absolute atomic E-state index is 12.8. The lowest BCUT2D eigenvalue weighted by Crippen LogP contribution is -2.42. The summed E-state index contributed by atoms with van der Waals surface area (Å²) in [4.78, 5) is 24.7. The lowest BCUT2D eigenvalue weighted by atomic mass is 9.74. The summed E-state index contributed by atoms with van der Waals surface area (Å²) < 4.78 is 5.11. The van der Waals surface area contributed by atoms with Gasteiger partial charge in [-0.1, -0.05) is 46.8 Å². The van der Waals surface area contributed by atoms with Crippen LogP contribution in [0, 0.1) is 23.2 Å². The summed E-state index contributed by atoms with van der Waals surface area (Å²) in [5, 5.41) is 20.5. The molecule has 0 fully saturated rings. The predicted octanol–water partition coefficient (Wildman–Crippen LogP) is 2.89. The van der Waals surface area contributed by atoms with Crippen LogP contribution in [0.15, 0.2) is 12.2 Å². The first-order chi connectivity index (χ1) is 11.6. The number of carbonyl (C=O) groups is 2. The highest BCUT2D eigenvalue weighted by Crippen LogP contribution is 2.31. The van der Waals surface area contributed by atoms with Gasteiger partial charge in [-0.05, 0) is 18.8 Å². The zero-order valence-electron chi connectivity index (χ0n) is 16.2. The Morgan fingerprint density at radius 1 is 1.16 bits per heavy atom. The average Bonchev–Trinajstić information content (AvgIpc) is 2.52. The van der Waals surface area contributed by atoms with Crippen LogP contribution >= 0.6 is 0 Å². The van der Waals surface area contributed by atoms with Crippen LogP contribution in [0.5, 0.6) is 0 Å². The third-order valence-electron chi connectivity index (χ3n) is 5.29. The number of allylic oxidation sites excluding steroid dienone is 1. The molecule has 5 atom stereocenters. The quantitative estimate of drug-likeness (QED) is 0.516. The van der Waals surface area contributed by atoms with Crippen molar-refractivity contribution < 1.29 is 24.5 Å². The summed E-state index contributed by atoms with van der Waals surface area (Å²) >= 11 is 0. The van der Waals surface area contributed by atoms with Gasteiger partial charge < -0.3 is 14.9 Å². The molecule has 0 saturated heterocycles. The van der Waals surface area contributed by atoms with Crippen LogP contribution in [0.25, 0.3) is 0 Å². The van der Waals surface area contributed by atoms with Crippen LogP contribution in [-0.4, -0.2) is 40.8 Å². The highest BCUT2D eigenvalue weighted by atomic mass is 16.5. The highest BCUT2D eigenvalue weighted by molar-refractivity contribution is 5.87. The molecule has 25 heavy (non-hydrogen) atoms. The molecule has 5 heteroatoms. The van der Waals surface area contributed by atoms with Gasteiger partial charge in [-0.15, -0.1) is 0 Å². The molecule has 0 saturated carbocycles. The van der Waals surface area contributed by atoms with Crippen LogP contribution in [0.3, 0.4) is 0 Å². The van der Waals surface area contributed by atoms with Gasteiger partial charge in [0.2, 0.25) is 0 Å². The number of esters is 1. The van der Waals surface area contributed by atoms with E-state index in [1.807, 2.05) is 26.0 Å². The van der Waals surface area contributed by atoms with E-state index in [2.05, 4.69) is 6.92 Å². The van der Waals surface area contributed by atoms with Crippen LogP contribution in [0.1, 0.15) is 60.3 Å². The number of cyclic esters (lactones) is 1. The fourth-order valence-electron chi connectivity index (χ4n) is 3.29. The van der Waals surface area contributed by atoms with E-state index in [1.54, 1.807) is 13.8 Å². The first kappa shape index (κ1) is 21.8. The van der Waals surface area contributed by atoms with Crippen molar-refractivity contribution in [2.75, 3.05) is 6.61 Å². The highest BCUT2D eigenvalue weighted by Gasteiger charge is 2.39. The van der Waals surface area contributed by atoms with Crippen molar-refractivity contribution in [3.63, 3.8) is 0 Å². The van der Waals surface area contributed by atoms with Crippen LogP contribution in [-0.2, 0) is 14.3 Å².